The monoisotopic (exact) mass is 202 g/mol. The Kier molecular flexibility index (Phi) is 3.16. The van der Waals surface area contributed by atoms with Crippen LogP contribution in [0.15, 0.2) is 24.3 Å². The summed E-state index contributed by atoms with van der Waals surface area (Å²) in [7, 11) is 1.51. The van der Waals surface area contributed by atoms with Crippen molar-refractivity contribution in [2.75, 3.05) is 7.05 Å². The maximum atomic E-state index is 12.5. The minimum absolute atomic E-state index is 0.225. The van der Waals surface area contributed by atoms with Crippen molar-refractivity contribution in [3.63, 3.8) is 0 Å². The van der Waals surface area contributed by atoms with E-state index in [4.69, 9.17) is 0 Å². The van der Waals surface area contributed by atoms with Crippen molar-refractivity contribution in [1.29, 1.82) is 0 Å². The first-order valence-electron chi connectivity index (χ1n) is 4.22. The summed E-state index contributed by atoms with van der Waals surface area (Å²) in [5, 5.41) is 3.83. The van der Waals surface area contributed by atoms with Crippen molar-refractivity contribution in [3.8, 4) is 0 Å². The van der Waals surface area contributed by atoms with Crippen molar-refractivity contribution in [3.05, 3.63) is 40.7 Å². The number of halogens is 3. The van der Waals surface area contributed by atoms with E-state index >= 15 is 0 Å². The minimum atomic E-state index is -4.30. The molecule has 78 valence electrons. The normalized spacial score (nSPS) is 14.1. The summed E-state index contributed by atoms with van der Waals surface area (Å²) in [6, 6.07) is 5.09. The van der Waals surface area contributed by atoms with Gasteiger partial charge in [-0.15, -0.1) is 6.04 Å². The van der Waals surface area contributed by atoms with Crippen molar-refractivity contribution in [2.45, 2.75) is 19.1 Å². The fraction of sp³-hybridized carbons (Fsp3) is 0.400. The van der Waals surface area contributed by atoms with Crippen molar-refractivity contribution in [1.82, 2.24) is 0 Å². The molecule has 1 nitrogen and oxygen atoms in total. The molecule has 0 N–H and O–H groups in total. The van der Waals surface area contributed by atoms with Gasteiger partial charge in [0, 0.05) is 0 Å². The molecule has 0 aromatic heterocycles. The molecule has 14 heavy (non-hydrogen) atoms. The summed E-state index contributed by atoms with van der Waals surface area (Å²) in [6.45, 7) is 1.64. The summed E-state index contributed by atoms with van der Waals surface area (Å²) >= 11 is 0. The second-order valence-corrected chi connectivity index (χ2v) is 3.02. The first-order chi connectivity index (χ1) is 6.46. The molecule has 0 fully saturated rings. The van der Waals surface area contributed by atoms with E-state index < -0.39 is 17.8 Å². The third kappa shape index (κ3) is 2.26. The van der Waals surface area contributed by atoms with E-state index in [0.717, 1.165) is 6.07 Å². The Morgan fingerprint density at radius 2 is 1.79 bits per heavy atom. The highest BCUT2D eigenvalue weighted by Crippen LogP contribution is 2.35. The van der Waals surface area contributed by atoms with Gasteiger partial charge in [0.15, 0.2) is 0 Å². The number of nitrogens with zero attached hydrogens (tertiary/aromatic N) is 1. The predicted molar refractivity (Wildman–Crippen MR) is 49.1 cm³/mol. The molecule has 0 amide bonds. The summed E-state index contributed by atoms with van der Waals surface area (Å²) in [5.74, 6) is 0. The Labute approximate surface area is 80.9 Å². The van der Waals surface area contributed by atoms with Crippen LogP contribution in [-0.2, 0) is 6.18 Å². The third-order valence-electron chi connectivity index (χ3n) is 2.10. The van der Waals surface area contributed by atoms with Gasteiger partial charge in [-0.05, 0) is 6.07 Å². The van der Waals surface area contributed by atoms with Crippen LogP contribution < -0.4 is 0 Å². The number of rotatable bonds is 2. The lowest BCUT2D eigenvalue weighted by Crippen LogP contribution is -2.10. The van der Waals surface area contributed by atoms with Crippen LogP contribution in [0.2, 0.25) is 0 Å². The van der Waals surface area contributed by atoms with Gasteiger partial charge in [-0.25, -0.2) is 0 Å². The maximum Gasteiger partial charge on any atom is 0.416 e. The SMILES string of the molecule is C[N-]C(C)c1ccccc1C(F)(F)F. The highest BCUT2D eigenvalue weighted by atomic mass is 19.4. The van der Waals surface area contributed by atoms with Gasteiger partial charge < -0.3 is 5.32 Å². The standard InChI is InChI=1S/C10H11F3N/c1-7(14-2)8-5-3-4-6-9(8)10(11,12)13/h3-7H,1-2H3/q-1. The second-order valence-electron chi connectivity index (χ2n) is 3.02. The maximum absolute atomic E-state index is 12.5. The molecular formula is C10H11F3N-. The van der Waals surface area contributed by atoms with Gasteiger partial charge in [-0.3, -0.25) is 0 Å². The van der Waals surface area contributed by atoms with Gasteiger partial charge in [0.25, 0.3) is 0 Å². The van der Waals surface area contributed by atoms with E-state index in [0.29, 0.717) is 0 Å². The second kappa shape index (κ2) is 4.00. The molecule has 0 saturated carbocycles. The molecule has 1 rings (SSSR count). The van der Waals surface area contributed by atoms with E-state index in [1.54, 1.807) is 13.0 Å². The molecule has 0 bridgehead atoms. The topological polar surface area (TPSA) is 14.1 Å². The van der Waals surface area contributed by atoms with Crippen LogP contribution in [-0.4, -0.2) is 7.05 Å². The highest BCUT2D eigenvalue weighted by molar-refractivity contribution is 5.34. The Morgan fingerprint density at radius 1 is 1.21 bits per heavy atom. The number of hydrogen-bond acceptors (Lipinski definition) is 0. The zero-order chi connectivity index (χ0) is 10.8. The van der Waals surface area contributed by atoms with Gasteiger partial charge in [-0.1, -0.05) is 30.7 Å². The molecule has 0 aliphatic carbocycles. The Morgan fingerprint density at radius 3 is 2.29 bits per heavy atom. The molecule has 1 unspecified atom stereocenters. The Balaban J connectivity index is 3.16. The van der Waals surface area contributed by atoms with Crippen LogP contribution in [0.3, 0.4) is 0 Å². The van der Waals surface area contributed by atoms with E-state index in [9.17, 15) is 13.2 Å². The molecule has 0 saturated heterocycles. The number of hydrogen-bond donors (Lipinski definition) is 0. The van der Waals surface area contributed by atoms with E-state index in [1.165, 1.54) is 19.2 Å². The number of benzene rings is 1. The molecule has 1 aromatic rings. The fourth-order valence-electron chi connectivity index (χ4n) is 1.26. The van der Waals surface area contributed by atoms with Crippen LogP contribution in [0.1, 0.15) is 24.1 Å². The van der Waals surface area contributed by atoms with Crippen LogP contribution >= 0.6 is 0 Å². The van der Waals surface area contributed by atoms with Gasteiger partial charge in [0.05, 0.1) is 5.56 Å². The summed E-state index contributed by atoms with van der Waals surface area (Å²) in [4.78, 5) is 0. The average Bonchev–Trinajstić information content (AvgIpc) is 2.15. The van der Waals surface area contributed by atoms with Gasteiger partial charge in [0.2, 0.25) is 0 Å². The van der Waals surface area contributed by atoms with Gasteiger partial charge in [0.1, 0.15) is 0 Å². The Hall–Kier alpha value is -1.03. The molecule has 1 atom stereocenters. The van der Waals surface area contributed by atoms with Gasteiger partial charge >= 0.3 is 6.18 Å². The van der Waals surface area contributed by atoms with Crippen LogP contribution in [0.5, 0.6) is 0 Å². The van der Waals surface area contributed by atoms with E-state index in [1.807, 2.05) is 0 Å². The molecule has 0 aliphatic heterocycles. The zero-order valence-electron chi connectivity index (χ0n) is 7.97. The van der Waals surface area contributed by atoms with Crippen LogP contribution in [0.25, 0.3) is 5.32 Å². The lowest BCUT2D eigenvalue weighted by molar-refractivity contribution is -0.138. The van der Waals surface area contributed by atoms with Crippen molar-refractivity contribution in [2.24, 2.45) is 0 Å². The smallest absolute Gasteiger partial charge is 0.416 e. The van der Waals surface area contributed by atoms with Crippen molar-refractivity contribution >= 4 is 0 Å². The lowest BCUT2D eigenvalue weighted by atomic mass is 10.0. The van der Waals surface area contributed by atoms with Crippen molar-refractivity contribution < 1.29 is 13.2 Å². The van der Waals surface area contributed by atoms with Crippen LogP contribution in [0, 0.1) is 0 Å². The predicted octanol–water partition coefficient (Wildman–Crippen LogP) is 3.77. The molecule has 0 radical (unpaired) electrons. The third-order valence-corrected chi connectivity index (χ3v) is 2.10. The molecule has 0 spiro atoms. The van der Waals surface area contributed by atoms with Crippen LogP contribution in [0.4, 0.5) is 13.2 Å². The molecule has 1 aromatic carbocycles. The quantitative estimate of drug-likeness (QED) is 0.693. The van der Waals surface area contributed by atoms with Gasteiger partial charge in [-0.2, -0.15) is 20.2 Å². The average molecular weight is 202 g/mol. The first-order valence-corrected chi connectivity index (χ1v) is 4.22. The van der Waals surface area contributed by atoms with E-state index in [2.05, 4.69) is 5.32 Å². The molecule has 4 heteroatoms. The Bertz CT molecular complexity index is 306. The first kappa shape index (κ1) is 11.0. The molecular weight excluding hydrogens is 191 g/mol. The fourth-order valence-corrected chi connectivity index (χ4v) is 1.26. The lowest BCUT2D eigenvalue weighted by Gasteiger charge is -2.26. The number of alkyl halides is 3. The largest absolute Gasteiger partial charge is 0.659 e. The molecule has 0 aliphatic rings. The summed E-state index contributed by atoms with van der Waals surface area (Å²) < 4.78 is 37.5. The van der Waals surface area contributed by atoms with E-state index in [-0.39, 0.29) is 5.56 Å². The zero-order valence-corrected chi connectivity index (χ0v) is 7.97. The highest BCUT2D eigenvalue weighted by Gasteiger charge is 2.32. The summed E-state index contributed by atoms with van der Waals surface area (Å²) in [6.07, 6.45) is -4.30. The molecule has 0 heterocycles. The minimum Gasteiger partial charge on any atom is -0.659 e. The summed E-state index contributed by atoms with van der Waals surface area (Å²) in [5.41, 5.74) is -0.374.